The van der Waals surface area contributed by atoms with Crippen molar-refractivity contribution >= 4 is 70.8 Å². The number of carbonyl (C=O) groups is 8. The molecule has 0 aromatic heterocycles. The van der Waals surface area contributed by atoms with Crippen LogP contribution in [0.1, 0.15) is 72.1 Å². The quantitative estimate of drug-likeness (QED) is 0.0306. The number of aliphatic imine (C=N–C) groups is 4. The number of carbonyl (C=O) groups excluding carboxylic acids is 7. The second kappa shape index (κ2) is 32.1. The normalized spacial score (nSPS) is 23.9. The Labute approximate surface area is 394 Å². The molecule has 0 saturated carbocycles. The van der Waals surface area contributed by atoms with Crippen LogP contribution in [0.25, 0.3) is 0 Å². The number of rotatable bonds is 20. The maximum Gasteiger partial charge on any atom is 0.327 e. The lowest BCUT2D eigenvalue weighted by Crippen LogP contribution is -2.60. The summed E-state index contributed by atoms with van der Waals surface area (Å²) in [4.78, 5) is 106. The van der Waals surface area contributed by atoms with Gasteiger partial charge in [-0.1, -0.05) is 0 Å². The minimum absolute atomic E-state index is 0.0250. The van der Waals surface area contributed by atoms with Gasteiger partial charge in [0.2, 0.25) is 23.6 Å². The summed E-state index contributed by atoms with van der Waals surface area (Å²) in [7, 11) is 0. The van der Waals surface area contributed by atoms with E-state index in [0.717, 1.165) is 0 Å². The molecular formula is C39H74N20O9. The summed E-state index contributed by atoms with van der Waals surface area (Å²) in [6.45, 7) is 8.03. The van der Waals surface area contributed by atoms with E-state index in [2.05, 4.69) is 62.5 Å². The summed E-state index contributed by atoms with van der Waals surface area (Å²) >= 11 is 0. The number of carboxylic acid groups (broad SMARTS) is 1. The molecule has 0 bridgehead atoms. The second-order valence-electron chi connectivity index (χ2n) is 16.1. The van der Waals surface area contributed by atoms with Crippen LogP contribution in [0.4, 0.5) is 0 Å². The van der Waals surface area contributed by atoms with Gasteiger partial charge in [0.15, 0.2) is 41.2 Å². The maximum absolute atomic E-state index is 11.6. The van der Waals surface area contributed by atoms with E-state index in [1.807, 2.05) is 0 Å². The number of amides is 4. The Bertz CT molecular complexity index is 1560. The molecule has 29 nitrogen and oxygen atoms in total. The van der Waals surface area contributed by atoms with Gasteiger partial charge in [-0.15, -0.1) is 0 Å². The molecule has 0 spiro atoms. The Hall–Kier alpha value is -6.72. The highest BCUT2D eigenvalue weighted by Crippen LogP contribution is 2.07. The molecule has 68 heavy (non-hydrogen) atoms. The lowest BCUT2D eigenvalue weighted by Gasteiger charge is -2.28. The van der Waals surface area contributed by atoms with Gasteiger partial charge in [-0.05, 0) is 72.1 Å². The SMILES string of the molecule is CC(=O)[C@@H]1CN[C@@H](CCCN=C(N)N)C(=O)N1.CC(=O)[C@@H]1CN[C@H](CCCN=C(N)N)C(=O)N1.CC(=O)[C@H]1CN[C@@H](CCCN=C(N)N)C(=O)N1.NC(N)=NCCC[C@H]1NC[C@H](C(=O)O)NC1=O. The van der Waals surface area contributed by atoms with Gasteiger partial charge in [-0.3, -0.25) is 53.5 Å². The summed E-state index contributed by atoms with van der Waals surface area (Å²) in [5.41, 5.74) is 41.4. The molecule has 384 valence electrons. The Balaban J connectivity index is 0.000000453. The fourth-order valence-electron chi connectivity index (χ4n) is 6.54. The average molecular weight is 967 g/mol. The van der Waals surface area contributed by atoms with Crippen LogP contribution < -0.4 is 88.4 Å². The summed E-state index contributed by atoms with van der Waals surface area (Å²) < 4.78 is 0. The van der Waals surface area contributed by atoms with E-state index in [9.17, 15) is 38.4 Å². The van der Waals surface area contributed by atoms with Gasteiger partial charge in [0.05, 0.1) is 42.3 Å². The molecule has 25 N–H and O–H groups in total. The monoisotopic (exact) mass is 967 g/mol. The predicted molar refractivity (Wildman–Crippen MR) is 254 cm³/mol. The van der Waals surface area contributed by atoms with Gasteiger partial charge >= 0.3 is 5.97 Å². The maximum atomic E-state index is 11.6. The van der Waals surface area contributed by atoms with Crippen molar-refractivity contribution in [2.24, 2.45) is 65.8 Å². The lowest BCUT2D eigenvalue weighted by molar-refractivity contribution is -0.143. The van der Waals surface area contributed by atoms with Gasteiger partial charge in [-0.2, -0.15) is 0 Å². The standard InChI is InChI=1S/3C10H19N5O2.C9H17N5O3/c3*1-6(16)8-5-14-7(9(17)15-8)3-2-4-13-10(11)12;10-9(11)12-3-1-2-5-7(15)14-6(4-13-5)8(16)17/h3*7-8,14H,2-5H2,1H3,(H,15,17)(H4,11,12,13);5-6,13H,1-4H2,(H,14,15)(H,16,17)(H4,10,11,12)/t2*7-,8+;7-,8-;5-,6-/m1001/s1. The molecule has 8 atom stereocenters. The molecule has 0 aliphatic carbocycles. The number of nitrogens with two attached hydrogens (primary N) is 8. The zero-order valence-electron chi connectivity index (χ0n) is 39.1. The Morgan fingerprint density at radius 3 is 0.809 bits per heavy atom. The largest absolute Gasteiger partial charge is 0.480 e. The molecule has 4 aliphatic rings. The molecule has 4 saturated heterocycles. The number of guanidine groups is 4. The number of ketones is 3. The van der Waals surface area contributed by atoms with Crippen molar-refractivity contribution in [1.29, 1.82) is 0 Å². The van der Waals surface area contributed by atoms with E-state index in [4.69, 9.17) is 51.0 Å². The van der Waals surface area contributed by atoms with Crippen molar-refractivity contribution in [3.63, 3.8) is 0 Å². The van der Waals surface area contributed by atoms with Crippen LogP contribution in [0, 0.1) is 0 Å². The van der Waals surface area contributed by atoms with Crippen LogP contribution in [0.3, 0.4) is 0 Å². The number of hydrogen-bond donors (Lipinski definition) is 17. The zero-order chi connectivity index (χ0) is 51.3. The summed E-state index contributed by atoms with van der Waals surface area (Å²) in [6, 6.07) is -3.24. The summed E-state index contributed by atoms with van der Waals surface area (Å²) in [5, 5.41) is 31.2. The first-order chi connectivity index (χ1) is 32.0. The minimum atomic E-state index is -1.04. The van der Waals surface area contributed by atoms with Crippen LogP contribution in [-0.2, 0) is 38.4 Å². The first-order valence-corrected chi connectivity index (χ1v) is 22.1. The van der Waals surface area contributed by atoms with E-state index in [0.29, 0.717) is 97.2 Å². The van der Waals surface area contributed by atoms with Gasteiger partial charge in [-0.25, -0.2) is 4.79 Å². The molecule has 4 fully saturated rings. The van der Waals surface area contributed by atoms with Crippen molar-refractivity contribution in [3.8, 4) is 0 Å². The first-order valence-electron chi connectivity index (χ1n) is 22.1. The molecule has 4 amide bonds. The Kier molecular flexibility index (Phi) is 28.0. The van der Waals surface area contributed by atoms with Gasteiger partial charge < -0.3 is 93.5 Å². The number of nitrogens with zero attached hydrogens (tertiary/aromatic N) is 4. The van der Waals surface area contributed by atoms with E-state index in [1.54, 1.807) is 0 Å². The summed E-state index contributed by atoms with van der Waals surface area (Å²) in [5.74, 6) is -1.66. The third kappa shape index (κ3) is 25.3. The van der Waals surface area contributed by atoms with E-state index >= 15 is 0 Å². The summed E-state index contributed by atoms with van der Waals surface area (Å²) in [6.07, 6.45) is 5.30. The molecule has 4 heterocycles. The van der Waals surface area contributed by atoms with Crippen molar-refractivity contribution < 1.29 is 43.5 Å². The van der Waals surface area contributed by atoms with Crippen LogP contribution in [0.15, 0.2) is 20.0 Å². The first kappa shape index (κ1) is 59.3. The second-order valence-corrected chi connectivity index (χ2v) is 16.1. The number of carboxylic acids is 1. The van der Waals surface area contributed by atoms with Crippen molar-refractivity contribution in [2.75, 3.05) is 52.4 Å². The molecular weight excluding hydrogens is 893 g/mol. The van der Waals surface area contributed by atoms with Crippen LogP contribution in [0.2, 0.25) is 0 Å². The fraction of sp³-hybridized carbons (Fsp3) is 0.692. The Morgan fingerprint density at radius 2 is 0.632 bits per heavy atom. The molecule has 4 rings (SSSR count). The number of piperazine rings is 4. The van der Waals surface area contributed by atoms with Crippen LogP contribution in [-0.4, -0.2) is 177 Å². The molecule has 0 unspecified atom stereocenters. The smallest absolute Gasteiger partial charge is 0.327 e. The molecule has 0 aromatic carbocycles. The Morgan fingerprint density at radius 1 is 0.426 bits per heavy atom. The van der Waals surface area contributed by atoms with Gasteiger partial charge in [0, 0.05) is 52.4 Å². The number of hydrogen-bond acceptors (Lipinski definition) is 16. The molecule has 0 radical (unpaired) electrons. The fourth-order valence-corrected chi connectivity index (χ4v) is 6.54. The third-order valence-electron chi connectivity index (χ3n) is 10.4. The number of nitrogens with one attached hydrogen (secondary N) is 8. The van der Waals surface area contributed by atoms with Crippen LogP contribution >= 0.6 is 0 Å². The van der Waals surface area contributed by atoms with Crippen molar-refractivity contribution in [3.05, 3.63) is 0 Å². The topological polar surface area (TPSA) is 511 Å². The third-order valence-corrected chi connectivity index (χ3v) is 10.4. The van der Waals surface area contributed by atoms with E-state index in [1.165, 1.54) is 20.8 Å². The highest BCUT2D eigenvalue weighted by atomic mass is 16.4. The highest BCUT2D eigenvalue weighted by molar-refractivity contribution is 5.93. The predicted octanol–water partition coefficient (Wildman–Crippen LogP) is -8.16. The molecule has 29 heteroatoms. The highest BCUT2D eigenvalue weighted by Gasteiger charge is 2.32. The number of aliphatic carboxylic acids is 1. The minimum Gasteiger partial charge on any atom is -0.480 e. The average Bonchev–Trinajstić information content (AvgIpc) is 3.26. The number of Topliss-reactive ketones (excluding diaryl/α,β-unsaturated/α-hetero) is 3. The van der Waals surface area contributed by atoms with Gasteiger partial charge in [0.25, 0.3) is 0 Å². The zero-order valence-corrected chi connectivity index (χ0v) is 39.1. The van der Waals surface area contributed by atoms with Crippen LogP contribution in [0.5, 0.6) is 0 Å². The van der Waals surface area contributed by atoms with Gasteiger partial charge in [0.1, 0.15) is 6.04 Å². The van der Waals surface area contributed by atoms with Crippen molar-refractivity contribution in [2.45, 2.75) is 120 Å². The molecule has 0 aromatic rings. The molecule has 4 aliphatic heterocycles. The lowest BCUT2D eigenvalue weighted by atomic mass is 10.0. The van der Waals surface area contributed by atoms with Crippen molar-refractivity contribution in [1.82, 2.24) is 42.5 Å². The van der Waals surface area contributed by atoms with E-state index in [-0.39, 0.29) is 95.5 Å². The van der Waals surface area contributed by atoms with E-state index < -0.39 is 30.1 Å².